The Balaban J connectivity index is 1.94. The number of rotatable bonds is 2. The first-order valence-electron chi connectivity index (χ1n) is 6.76. The van der Waals surface area contributed by atoms with Crippen molar-refractivity contribution in [2.75, 3.05) is 0 Å². The molecule has 1 aromatic heterocycles. The van der Waals surface area contributed by atoms with Gasteiger partial charge in [-0.2, -0.15) is 0 Å². The van der Waals surface area contributed by atoms with Crippen LogP contribution in [0.15, 0.2) is 18.3 Å². The Labute approximate surface area is 109 Å². The summed E-state index contributed by atoms with van der Waals surface area (Å²) in [5.41, 5.74) is 1.15. The van der Waals surface area contributed by atoms with E-state index in [-0.39, 0.29) is 17.6 Å². The second-order valence-electron chi connectivity index (χ2n) is 6.18. The molecule has 1 heterocycles. The minimum atomic E-state index is -0.133. The molecule has 0 atom stereocenters. The molecule has 3 heteroatoms. The topological polar surface area (TPSA) is 42.4 Å². The highest BCUT2D eigenvalue weighted by molar-refractivity contribution is 5.23. The first kappa shape index (κ1) is 13.3. The standard InChI is InChI=1S/C15H23NO2/c1-15(2,3)14-9-8-13(10-16-14)18-12-6-4-11(17)5-7-12/h8-12,17H,4-7H2,1-3H3. The summed E-state index contributed by atoms with van der Waals surface area (Å²) in [5.74, 6) is 0.837. The third-order valence-corrected chi connectivity index (χ3v) is 3.45. The lowest BCUT2D eigenvalue weighted by atomic mass is 9.92. The second kappa shape index (κ2) is 5.27. The third-order valence-electron chi connectivity index (χ3n) is 3.45. The van der Waals surface area contributed by atoms with Crippen molar-refractivity contribution in [1.29, 1.82) is 0 Å². The van der Waals surface area contributed by atoms with Crippen molar-refractivity contribution in [1.82, 2.24) is 4.98 Å². The van der Waals surface area contributed by atoms with E-state index >= 15 is 0 Å². The number of aromatic nitrogens is 1. The van der Waals surface area contributed by atoms with E-state index in [0.29, 0.717) is 0 Å². The molecule has 0 aliphatic heterocycles. The van der Waals surface area contributed by atoms with E-state index in [9.17, 15) is 5.11 Å². The van der Waals surface area contributed by atoms with Gasteiger partial charge in [0.05, 0.1) is 18.4 Å². The van der Waals surface area contributed by atoms with E-state index in [4.69, 9.17) is 4.74 Å². The van der Waals surface area contributed by atoms with Gasteiger partial charge in [-0.15, -0.1) is 0 Å². The zero-order valence-corrected chi connectivity index (χ0v) is 11.5. The molecule has 0 radical (unpaired) electrons. The molecule has 18 heavy (non-hydrogen) atoms. The van der Waals surface area contributed by atoms with E-state index in [1.54, 1.807) is 0 Å². The van der Waals surface area contributed by atoms with Gasteiger partial charge in [-0.25, -0.2) is 0 Å². The minimum absolute atomic E-state index is 0.0769. The molecule has 0 aromatic carbocycles. The smallest absolute Gasteiger partial charge is 0.138 e. The fraction of sp³-hybridized carbons (Fsp3) is 0.667. The normalized spacial score (nSPS) is 24.9. The summed E-state index contributed by atoms with van der Waals surface area (Å²) in [6, 6.07) is 4.03. The molecular weight excluding hydrogens is 226 g/mol. The molecule has 0 amide bonds. The number of nitrogens with zero attached hydrogens (tertiary/aromatic N) is 1. The van der Waals surface area contributed by atoms with Crippen molar-refractivity contribution in [3.8, 4) is 5.75 Å². The number of aliphatic hydroxyl groups excluding tert-OH is 1. The Morgan fingerprint density at radius 1 is 1.17 bits per heavy atom. The van der Waals surface area contributed by atoms with Crippen LogP contribution in [0.25, 0.3) is 0 Å². The highest BCUT2D eigenvalue weighted by atomic mass is 16.5. The average molecular weight is 249 g/mol. The van der Waals surface area contributed by atoms with Crippen LogP contribution in [0.4, 0.5) is 0 Å². The summed E-state index contributed by atoms with van der Waals surface area (Å²) in [7, 11) is 0. The molecule has 3 nitrogen and oxygen atoms in total. The number of hydrogen-bond acceptors (Lipinski definition) is 3. The molecule has 1 aliphatic rings. The van der Waals surface area contributed by atoms with Crippen LogP contribution in [-0.4, -0.2) is 22.3 Å². The predicted molar refractivity (Wildman–Crippen MR) is 71.8 cm³/mol. The van der Waals surface area contributed by atoms with Gasteiger partial charge in [0, 0.05) is 11.1 Å². The van der Waals surface area contributed by atoms with Crippen LogP contribution in [0.1, 0.15) is 52.1 Å². The van der Waals surface area contributed by atoms with Crippen molar-refractivity contribution in [3.05, 3.63) is 24.0 Å². The number of hydrogen-bond donors (Lipinski definition) is 1. The molecule has 0 unspecified atom stereocenters. The van der Waals surface area contributed by atoms with E-state index in [1.165, 1.54) is 0 Å². The van der Waals surface area contributed by atoms with E-state index in [2.05, 4.69) is 25.8 Å². The Morgan fingerprint density at radius 3 is 2.33 bits per heavy atom. The highest BCUT2D eigenvalue weighted by Gasteiger charge is 2.21. The maximum Gasteiger partial charge on any atom is 0.138 e. The molecule has 1 fully saturated rings. The van der Waals surface area contributed by atoms with E-state index < -0.39 is 0 Å². The van der Waals surface area contributed by atoms with Crippen LogP contribution < -0.4 is 4.74 Å². The second-order valence-corrected chi connectivity index (χ2v) is 6.18. The van der Waals surface area contributed by atoms with Crippen LogP contribution in [0.2, 0.25) is 0 Å². The molecule has 1 N–H and O–H groups in total. The van der Waals surface area contributed by atoms with Crippen molar-refractivity contribution in [2.24, 2.45) is 0 Å². The maximum absolute atomic E-state index is 9.45. The number of aliphatic hydroxyl groups is 1. The SMILES string of the molecule is CC(C)(C)c1ccc(OC2CCC(O)CC2)cn1. The van der Waals surface area contributed by atoms with Gasteiger partial charge in [0.25, 0.3) is 0 Å². The fourth-order valence-corrected chi connectivity index (χ4v) is 2.25. The first-order valence-corrected chi connectivity index (χ1v) is 6.76. The summed E-state index contributed by atoms with van der Waals surface area (Å²) in [6.07, 6.45) is 5.47. The maximum atomic E-state index is 9.45. The van der Waals surface area contributed by atoms with Crippen molar-refractivity contribution in [2.45, 2.75) is 64.1 Å². The summed E-state index contributed by atoms with van der Waals surface area (Å²) >= 11 is 0. The zero-order valence-electron chi connectivity index (χ0n) is 11.5. The summed E-state index contributed by atoms with van der Waals surface area (Å²) in [5, 5.41) is 9.45. The van der Waals surface area contributed by atoms with Crippen LogP contribution in [0, 0.1) is 0 Å². The zero-order chi connectivity index (χ0) is 13.2. The largest absolute Gasteiger partial charge is 0.489 e. The van der Waals surface area contributed by atoms with E-state index in [0.717, 1.165) is 37.1 Å². The Hall–Kier alpha value is -1.09. The average Bonchev–Trinajstić information content (AvgIpc) is 2.32. The molecule has 0 spiro atoms. The van der Waals surface area contributed by atoms with Crippen molar-refractivity contribution in [3.63, 3.8) is 0 Å². The van der Waals surface area contributed by atoms with Crippen LogP contribution in [0.5, 0.6) is 5.75 Å². The van der Waals surface area contributed by atoms with E-state index in [1.807, 2.05) is 18.3 Å². The van der Waals surface area contributed by atoms with Crippen LogP contribution >= 0.6 is 0 Å². The van der Waals surface area contributed by atoms with Crippen LogP contribution in [0.3, 0.4) is 0 Å². The van der Waals surface area contributed by atoms with Gasteiger partial charge in [0.1, 0.15) is 5.75 Å². The minimum Gasteiger partial charge on any atom is -0.489 e. The molecule has 2 rings (SSSR count). The van der Waals surface area contributed by atoms with Gasteiger partial charge >= 0.3 is 0 Å². The number of pyridine rings is 1. The summed E-state index contributed by atoms with van der Waals surface area (Å²) in [4.78, 5) is 4.46. The van der Waals surface area contributed by atoms with Crippen molar-refractivity contribution < 1.29 is 9.84 Å². The van der Waals surface area contributed by atoms with Gasteiger partial charge in [-0.05, 0) is 37.8 Å². The first-order chi connectivity index (χ1) is 8.45. The Morgan fingerprint density at radius 2 is 1.83 bits per heavy atom. The van der Waals surface area contributed by atoms with Gasteiger partial charge in [-0.1, -0.05) is 20.8 Å². The molecule has 0 bridgehead atoms. The van der Waals surface area contributed by atoms with Crippen LogP contribution in [-0.2, 0) is 5.41 Å². The Kier molecular flexibility index (Phi) is 3.91. The molecule has 1 saturated carbocycles. The lowest BCUT2D eigenvalue weighted by molar-refractivity contribution is 0.0664. The monoisotopic (exact) mass is 249 g/mol. The van der Waals surface area contributed by atoms with Gasteiger partial charge in [0.15, 0.2) is 0 Å². The lowest BCUT2D eigenvalue weighted by Crippen LogP contribution is -2.26. The summed E-state index contributed by atoms with van der Waals surface area (Å²) < 4.78 is 5.90. The van der Waals surface area contributed by atoms with Gasteiger partial charge in [-0.3, -0.25) is 4.98 Å². The highest BCUT2D eigenvalue weighted by Crippen LogP contribution is 2.25. The summed E-state index contributed by atoms with van der Waals surface area (Å²) in [6.45, 7) is 6.45. The lowest BCUT2D eigenvalue weighted by Gasteiger charge is -2.26. The van der Waals surface area contributed by atoms with Gasteiger partial charge in [0.2, 0.25) is 0 Å². The third kappa shape index (κ3) is 3.45. The molecule has 1 aromatic rings. The van der Waals surface area contributed by atoms with Gasteiger partial charge < -0.3 is 9.84 Å². The molecule has 1 aliphatic carbocycles. The number of ether oxygens (including phenoxy) is 1. The predicted octanol–water partition coefficient (Wildman–Crippen LogP) is 3.06. The molecule has 100 valence electrons. The molecular formula is C15H23NO2. The quantitative estimate of drug-likeness (QED) is 0.876. The fourth-order valence-electron chi connectivity index (χ4n) is 2.25. The molecule has 0 saturated heterocycles. The Bertz CT molecular complexity index is 372. The van der Waals surface area contributed by atoms with Crippen molar-refractivity contribution >= 4 is 0 Å².